The van der Waals surface area contributed by atoms with Crippen LogP contribution in [0, 0.1) is 17.5 Å². The van der Waals surface area contributed by atoms with E-state index in [1.54, 1.807) is 6.07 Å². The molecule has 0 spiro atoms. The Morgan fingerprint density at radius 2 is 1.56 bits per heavy atom. The van der Waals surface area contributed by atoms with Crippen LogP contribution in [0.2, 0.25) is 0 Å². The quantitative estimate of drug-likeness (QED) is 0.617. The third-order valence-electron chi connectivity index (χ3n) is 2.47. The molecule has 94 valence electrons. The van der Waals surface area contributed by atoms with E-state index in [0.717, 1.165) is 18.2 Å². The van der Waals surface area contributed by atoms with Gasteiger partial charge in [-0.25, -0.2) is 13.2 Å². The Labute approximate surface area is 119 Å². The lowest BCUT2D eigenvalue weighted by atomic mass is 10.0. The van der Waals surface area contributed by atoms with Crippen molar-refractivity contribution in [1.29, 1.82) is 0 Å². The lowest BCUT2D eigenvalue weighted by Gasteiger charge is -2.13. The second-order valence-corrected chi connectivity index (χ2v) is 5.53. The van der Waals surface area contributed by atoms with Crippen molar-refractivity contribution in [3.63, 3.8) is 0 Å². The molecule has 0 saturated heterocycles. The Bertz CT molecular complexity index is 584. The van der Waals surface area contributed by atoms with Crippen LogP contribution in [0.15, 0.2) is 40.9 Å². The molecule has 1 unspecified atom stereocenters. The van der Waals surface area contributed by atoms with Gasteiger partial charge in [0.2, 0.25) is 0 Å². The lowest BCUT2D eigenvalue weighted by molar-refractivity contribution is 0.581. The summed E-state index contributed by atoms with van der Waals surface area (Å²) in [5, 5.41) is 0. The summed E-state index contributed by atoms with van der Waals surface area (Å²) >= 11 is 6.33. The van der Waals surface area contributed by atoms with Gasteiger partial charge in [0, 0.05) is 15.6 Å². The first kappa shape index (κ1) is 13.6. The van der Waals surface area contributed by atoms with Crippen molar-refractivity contribution >= 4 is 31.9 Å². The summed E-state index contributed by atoms with van der Waals surface area (Å²) in [5.41, 5.74) is 0.318. The fourth-order valence-corrected chi connectivity index (χ4v) is 2.64. The monoisotopic (exact) mass is 378 g/mol. The maximum absolute atomic E-state index is 13.7. The van der Waals surface area contributed by atoms with Crippen molar-refractivity contribution in [3.05, 3.63) is 69.4 Å². The normalized spacial score (nSPS) is 12.5. The van der Waals surface area contributed by atoms with Gasteiger partial charge in [-0.1, -0.05) is 37.9 Å². The number of halogens is 5. The Kier molecular flexibility index (Phi) is 4.12. The number of hydrogen-bond acceptors (Lipinski definition) is 0. The number of benzene rings is 2. The first-order chi connectivity index (χ1) is 8.49. The van der Waals surface area contributed by atoms with Gasteiger partial charge in [0.25, 0.3) is 0 Å². The summed E-state index contributed by atoms with van der Waals surface area (Å²) in [5.74, 6) is -1.64. The van der Waals surface area contributed by atoms with Crippen LogP contribution < -0.4 is 0 Å². The van der Waals surface area contributed by atoms with E-state index in [2.05, 4.69) is 31.9 Å². The minimum absolute atomic E-state index is 0.0659. The maximum atomic E-state index is 13.7. The van der Waals surface area contributed by atoms with Gasteiger partial charge in [-0.05, 0) is 30.3 Å². The molecule has 0 fully saturated rings. The second-order valence-electron chi connectivity index (χ2n) is 3.69. The summed E-state index contributed by atoms with van der Waals surface area (Å²) in [6, 6.07) is 7.54. The summed E-state index contributed by atoms with van der Waals surface area (Å²) in [6.45, 7) is 0. The van der Waals surface area contributed by atoms with Gasteiger partial charge in [-0.2, -0.15) is 0 Å². The van der Waals surface area contributed by atoms with Crippen LogP contribution >= 0.6 is 31.9 Å². The Morgan fingerprint density at radius 1 is 0.833 bits per heavy atom. The third-order valence-corrected chi connectivity index (χ3v) is 3.95. The van der Waals surface area contributed by atoms with Crippen LogP contribution in [0.25, 0.3) is 0 Å². The van der Waals surface area contributed by atoms with Crippen LogP contribution in [-0.4, -0.2) is 0 Å². The molecule has 0 aliphatic heterocycles. The van der Waals surface area contributed by atoms with E-state index in [0.29, 0.717) is 4.47 Å². The highest BCUT2D eigenvalue weighted by Gasteiger charge is 2.19. The van der Waals surface area contributed by atoms with Gasteiger partial charge < -0.3 is 0 Å². The van der Waals surface area contributed by atoms with E-state index in [-0.39, 0.29) is 11.1 Å². The molecule has 2 aromatic carbocycles. The molecule has 0 amide bonds. The Hall–Kier alpha value is -0.810. The topological polar surface area (TPSA) is 0 Å². The van der Waals surface area contributed by atoms with Crippen molar-refractivity contribution in [3.8, 4) is 0 Å². The minimum atomic E-state index is -0.735. The van der Waals surface area contributed by atoms with Gasteiger partial charge in [-0.15, -0.1) is 0 Å². The first-order valence-electron chi connectivity index (χ1n) is 5.03. The number of rotatable bonds is 2. The maximum Gasteiger partial charge on any atom is 0.129 e. The van der Waals surface area contributed by atoms with E-state index < -0.39 is 22.3 Å². The SMILES string of the molecule is Fc1ccc(F)c(C(Br)c2ccc(Br)cc2F)c1. The van der Waals surface area contributed by atoms with E-state index in [1.165, 1.54) is 12.1 Å². The summed E-state index contributed by atoms with van der Waals surface area (Å²) in [4.78, 5) is -0.735. The molecule has 5 heteroatoms. The zero-order valence-corrected chi connectivity index (χ0v) is 12.1. The molecule has 0 aromatic heterocycles. The molecular formula is C13H7Br2F3. The van der Waals surface area contributed by atoms with Crippen molar-refractivity contribution in [2.75, 3.05) is 0 Å². The van der Waals surface area contributed by atoms with Gasteiger partial charge in [-0.3, -0.25) is 0 Å². The molecule has 0 aliphatic rings. The van der Waals surface area contributed by atoms with Gasteiger partial charge in [0.1, 0.15) is 17.5 Å². The molecule has 2 rings (SSSR count). The molecule has 0 nitrogen and oxygen atoms in total. The predicted molar refractivity (Wildman–Crippen MR) is 71.2 cm³/mol. The number of hydrogen-bond donors (Lipinski definition) is 0. The highest BCUT2D eigenvalue weighted by atomic mass is 79.9. The second kappa shape index (κ2) is 5.45. The lowest BCUT2D eigenvalue weighted by Crippen LogP contribution is -2.00. The Morgan fingerprint density at radius 3 is 2.22 bits per heavy atom. The summed E-state index contributed by atoms with van der Waals surface area (Å²) in [6.07, 6.45) is 0. The molecule has 0 bridgehead atoms. The van der Waals surface area contributed by atoms with Crippen LogP contribution in [0.3, 0.4) is 0 Å². The highest BCUT2D eigenvalue weighted by molar-refractivity contribution is 9.10. The molecule has 0 aliphatic carbocycles. The smallest absolute Gasteiger partial charge is 0.129 e. The van der Waals surface area contributed by atoms with E-state index in [1.807, 2.05) is 0 Å². The van der Waals surface area contributed by atoms with Crippen LogP contribution in [0.5, 0.6) is 0 Å². The first-order valence-corrected chi connectivity index (χ1v) is 6.74. The van der Waals surface area contributed by atoms with Crippen LogP contribution in [-0.2, 0) is 0 Å². The highest BCUT2D eigenvalue weighted by Crippen LogP contribution is 2.35. The van der Waals surface area contributed by atoms with Gasteiger partial charge in [0.05, 0.1) is 4.83 Å². The fraction of sp³-hybridized carbons (Fsp3) is 0.0769. The number of alkyl halides is 1. The zero-order valence-electron chi connectivity index (χ0n) is 8.93. The standard InChI is InChI=1S/C13H7Br2F3/c14-7-1-3-9(12(18)5-7)13(15)10-6-8(16)2-4-11(10)17/h1-6,13H. The Balaban J connectivity index is 2.47. The minimum Gasteiger partial charge on any atom is -0.207 e. The molecule has 0 N–H and O–H groups in total. The van der Waals surface area contributed by atoms with Gasteiger partial charge in [0.15, 0.2) is 0 Å². The molecule has 0 heterocycles. The predicted octanol–water partition coefficient (Wildman–Crippen LogP) is 5.35. The van der Waals surface area contributed by atoms with E-state index >= 15 is 0 Å². The van der Waals surface area contributed by atoms with Crippen molar-refractivity contribution in [2.45, 2.75) is 4.83 Å². The van der Waals surface area contributed by atoms with Crippen LogP contribution in [0.1, 0.15) is 16.0 Å². The van der Waals surface area contributed by atoms with Crippen molar-refractivity contribution in [2.24, 2.45) is 0 Å². The molecule has 2 aromatic rings. The largest absolute Gasteiger partial charge is 0.207 e. The molecule has 1 atom stereocenters. The average molecular weight is 380 g/mol. The third kappa shape index (κ3) is 2.78. The molecule has 0 radical (unpaired) electrons. The molecule has 18 heavy (non-hydrogen) atoms. The average Bonchev–Trinajstić information content (AvgIpc) is 2.31. The van der Waals surface area contributed by atoms with Crippen LogP contribution in [0.4, 0.5) is 13.2 Å². The summed E-state index contributed by atoms with van der Waals surface area (Å²) < 4.78 is 41.0. The van der Waals surface area contributed by atoms with Crippen molar-refractivity contribution < 1.29 is 13.2 Å². The van der Waals surface area contributed by atoms with E-state index in [4.69, 9.17) is 0 Å². The fourth-order valence-electron chi connectivity index (χ4n) is 1.58. The summed E-state index contributed by atoms with van der Waals surface area (Å²) in [7, 11) is 0. The van der Waals surface area contributed by atoms with E-state index in [9.17, 15) is 13.2 Å². The molecular weight excluding hydrogens is 373 g/mol. The molecule has 0 saturated carbocycles. The van der Waals surface area contributed by atoms with Gasteiger partial charge >= 0.3 is 0 Å². The van der Waals surface area contributed by atoms with Crippen molar-refractivity contribution in [1.82, 2.24) is 0 Å². The zero-order chi connectivity index (χ0) is 13.3.